The topological polar surface area (TPSA) is 136 Å². The molecule has 1 atom stereocenters. The van der Waals surface area contributed by atoms with Gasteiger partial charge in [-0.05, 0) is 32.0 Å². The van der Waals surface area contributed by atoms with Gasteiger partial charge in [-0.2, -0.15) is 0 Å². The summed E-state index contributed by atoms with van der Waals surface area (Å²) < 4.78 is 30.5. The first kappa shape index (κ1) is 22.8. The fraction of sp³-hybridized carbons (Fsp3) is 0.263. The molecule has 0 saturated heterocycles. The number of esters is 1. The lowest BCUT2D eigenvalue weighted by Gasteiger charge is -2.28. The number of carbonyl (C=O) groups is 2. The number of nitro groups is 1. The summed E-state index contributed by atoms with van der Waals surface area (Å²) in [6.45, 7) is 3.12. The Kier molecular flexibility index (Phi) is 7.11. The third-order valence-corrected chi connectivity index (χ3v) is 5.31. The SMILES string of the molecule is CCOC(=O)c1ccccc1NC(=O)C(C)N(c1cccc([N+](=O)[O-])c1)S(C)(=O)=O. The fourth-order valence-electron chi connectivity index (χ4n) is 2.77. The monoisotopic (exact) mass is 435 g/mol. The second-order valence-electron chi connectivity index (χ2n) is 6.27. The van der Waals surface area contributed by atoms with Gasteiger partial charge in [0.2, 0.25) is 15.9 Å². The van der Waals surface area contributed by atoms with Crippen molar-refractivity contribution in [3.8, 4) is 0 Å². The zero-order valence-electron chi connectivity index (χ0n) is 16.6. The highest BCUT2D eigenvalue weighted by atomic mass is 32.2. The minimum Gasteiger partial charge on any atom is -0.462 e. The second kappa shape index (κ2) is 9.35. The van der Waals surface area contributed by atoms with Gasteiger partial charge in [-0.25, -0.2) is 13.2 Å². The van der Waals surface area contributed by atoms with Crippen LogP contribution < -0.4 is 9.62 Å². The van der Waals surface area contributed by atoms with Crippen LogP contribution in [0.5, 0.6) is 0 Å². The van der Waals surface area contributed by atoms with Gasteiger partial charge in [0.25, 0.3) is 5.69 Å². The van der Waals surface area contributed by atoms with Crippen molar-refractivity contribution in [1.82, 2.24) is 0 Å². The smallest absolute Gasteiger partial charge is 0.340 e. The van der Waals surface area contributed by atoms with E-state index >= 15 is 0 Å². The number of anilines is 2. The van der Waals surface area contributed by atoms with E-state index in [4.69, 9.17) is 4.74 Å². The molecule has 1 unspecified atom stereocenters. The van der Waals surface area contributed by atoms with Gasteiger partial charge in [-0.1, -0.05) is 18.2 Å². The second-order valence-corrected chi connectivity index (χ2v) is 8.13. The van der Waals surface area contributed by atoms with Crippen LogP contribution in [0.1, 0.15) is 24.2 Å². The Bertz CT molecular complexity index is 1070. The zero-order chi connectivity index (χ0) is 22.5. The number of non-ortho nitro benzene ring substituents is 1. The molecule has 0 aliphatic carbocycles. The van der Waals surface area contributed by atoms with E-state index in [9.17, 15) is 28.1 Å². The lowest BCUT2D eigenvalue weighted by atomic mass is 10.1. The molecular weight excluding hydrogens is 414 g/mol. The lowest BCUT2D eigenvalue weighted by Crippen LogP contribution is -2.45. The largest absolute Gasteiger partial charge is 0.462 e. The number of nitrogens with one attached hydrogen (secondary N) is 1. The van der Waals surface area contributed by atoms with Crippen LogP contribution in [0.25, 0.3) is 0 Å². The van der Waals surface area contributed by atoms with Gasteiger partial charge < -0.3 is 10.1 Å². The van der Waals surface area contributed by atoms with E-state index in [0.717, 1.165) is 16.6 Å². The van der Waals surface area contributed by atoms with Gasteiger partial charge in [0, 0.05) is 12.1 Å². The molecule has 160 valence electrons. The normalized spacial score (nSPS) is 12.0. The van der Waals surface area contributed by atoms with Gasteiger partial charge in [0.15, 0.2) is 0 Å². The Balaban J connectivity index is 2.38. The molecule has 10 nitrogen and oxygen atoms in total. The highest BCUT2D eigenvalue weighted by Crippen LogP contribution is 2.26. The van der Waals surface area contributed by atoms with Crippen molar-refractivity contribution in [3.05, 3.63) is 64.2 Å². The van der Waals surface area contributed by atoms with E-state index in [2.05, 4.69) is 5.32 Å². The number of hydrogen-bond donors (Lipinski definition) is 1. The molecule has 0 aliphatic rings. The van der Waals surface area contributed by atoms with E-state index in [1.807, 2.05) is 0 Å². The number of amides is 1. The van der Waals surface area contributed by atoms with Crippen molar-refractivity contribution < 1.29 is 27.7 Å². The van der Waals surface area contributed by atoms with Crippen LogP contribution in [0.4, 0.5) is 17.1 Å². The first-order valence-corrected chi connectivity index (χ1v) is 10.7. The van der Waals surface area contributed by atoms with Gasteiger partial charge in [0.1, 0.15) is 6.04 Å². The van der Waals surface area contributed by atoms with Crippen molar-refractivity contribution in [2.75, 3.05) is 22.5 Å². The highest BCUT2D eigenvalue weighted by Gasteiger charge is 2.30. The molecular formula is C19H21N3O7S. The molecule has 1 amide bonds. The predicted molar refractivity (Wildman–Crippen MR) is 111 cm³/mol. The Hall–Kier alpha value is -3.47. The van der Waals surface area contributed by atoms with Crippen LogP contribution in [-0.4, -0.2) is 44.1 Å². The van der Waals surface area contributed by atoms with Crippen molar-refractivity contribution in [1.29, 1.82) is 0 Å². The standard InChI is InChI=1S/C19H21N3O7S/c1-4-29-19(24)16-10-5-6-11-17(16)20-18(23)13(2)21(30(3,27)28)14-8-7-9-15(12-14)22(25)26/h5-13H,4H2,1-3H3,(H,20,23). The lowest BCUT2D eigenvalue weighted by molar-refractivity contribution is -0.384. The Morgan fingerprint density at radius 1 is 1.20 bits per heavy atom. The highest BCUT2D eigenvalue weighted by molar-refractivity contribution is 7.92. The van der Waals surface area contributed by atoms with Gasteiger partial charge in [-0.3, -0.25) is 19.2 Å². The molecule has 2 aromatic rings. The molecule has 1 N–H and O–H groups in total. The number of nitrogens with zero attached hydrogens (tertiary/aromatic N) is 2. The van der Waals surface area contributed by atoms with Gasteiger partial charge >= 0.3 is 5.97 Å². The van der Waals surface area contributed by atoms with Crippen molar-refractivity contribution in [3.63, 3.8) is 0 Å². The summed E-state index contributed by atoms with van der Waals surface area (Å²) >= 11 is 0. The zero-order valence-corrected chi connectivity index (χ0v) is 17.4. The van der Waals surface area contributed by atoms with E-state index < -0.39 is 32.9 Å². The maximum Gasteiger partial charge on any atom is 0.340 e. The summed E-state index contributed by atoms with van der Waals surface area (Å²) in [6, 6.07) is 9.83. The summed E-state index contributed by atoms with van der Waals surface area (Å²) in [6.07, 6.45) is 0.891. The van der Waals surface area contributed by atoms with Crippen LogP contribution in [0.2, 0.25) is 0 Å². The molecule has 2 aromatic carbocycles. The van der Waals surface area contributed by atoms with Crippen LogP contribution in [0.15, 0.2) is 48.5 Å². The molecule has 0 heterocycles. The number of carbonyl (C=O) groups excluding carboxylic acids is 2. The third kappa shape index (κ3) is 5.32. The molecule has 11 heteroatoms. The fourth-order valence-corrected chi connectivity index (χ4v) is 3.94. The first-order valence-electron chi connectivity index (χ1n) is 8.87. The van der Waals surface area contributed by atoms with Gasteiger partial charge in [0.05, 0.1) is 34.7 Å². The van der Waals surface area contributed by atoms with Crippen molar-refractivity contribution in [2.45, 2.75) is 19.9 Å². The number of ether oxygens (including phenoxy) is 1. The summed E-state index contributed by atoms with van der Waals surface area (Å²) in [7, 11) is -3.97. The third-order valence-electron chi connectivity index (χ3n) is 4.06. The molecule has 0 fully saturated rings. The minimum atomic E-state index is -3.97. The number of rotatable bonds is 8. The van der Waals surface area contributed by atoms with Crippen molar-refractivity contribution >= 4 is 39.0 Å². The summed E-state index contributed by atoms with van der Waals surface area (Å²) in [5.41, 5.74) is -0.0871. The summed E-state index contributed by atoms with van der Waals surface area (Å²) in [5, 5.41) is 13.6. The number of hydrogen-bond acceptors (Lipinski definition) is 7. The van der Waals surface area contributed by atoms with Crippen LogP contribution >= 0.6 is 0 Å². The number of nitro benzene ring substituents is 1. The molecule has 0 spiro atoms. The Labute approximate surface area is 173 Å². The molecule has 0 bridgehead atoms. The Morgan fingerprint density at radius 3 is 2.47 bits per heavy atom. The van der Waals surface area contributed by atoms with Crippen LogP contribution in [0, 0.1) is 10.1 Å². The maximum atomic E-state index is 12.8. The van der Waals surface area contributed by atoms with E-state index in [-0.39, 0.29) is 29.2 Å². The van der Waals surface area contributed by atoms with E-state index in [1.165, 1.54) is 37.3 Å². The predicted octanol–water partition coefficient (Wildman–Crippen LogP) is 2.56. The van der Waals surface area contributed by atoms with Crippen LogP contribution in [0.3, 0.4) is 0 Å². The van der Waals surface area contributed by atoms with Crippen molar-refractivity contribution in [2.24, 2.45) is 0 Å². The molecule has 30 heavy (non-hydrogen) atoms. The number of para-hydroxylation sites is 1. The Morgan fingerprint density at radius 2 is 1.87 bits per heavy atom. The average Bonchev–Trinajstić information content (AvgIpc) is 2.67. The van der Waals surface area contributed by atoms with Gasteiger partial charge in [-0.15, -0.1) is 0 Å². The molecule has 0 aromatic heterocycles. The molecule has 2 rings (SSSR count). The quantitative estimate of drug-likeness (QED) is 0.382. The molecule has 0 saturated carbocycles. The molecule has 0 radical (unpaired) electrons. The molecule has 0 aliphatic heterocycles. The first-order chi connectivity index (χ1) is 14.1. The maximum absolute atomic E-state index is 12.8. The number of sulfonamides is 1. The number of benzene rings is 2. The summed E-state index contributed by atoms with van der Waals surface area (Å²) in [4.78, 5) is 35.3. The van der Waals surface area contributed by atoms with Crippen LogP contribution in [-0.2, 0) is 19.6 Å². The minimum absolute atomic E-state index is 0.0342. The van der Waals surface area contributed by atoms with E-state index in [0.29, 0.717) is 0 Å². The average molecular weight is 435 g/mol. The van der Waals surface area contributed by atoms with E-state index in [1.54, 1.807) is 19.1 Å². The summed E-state index contributed by atoms with van der Waals surface area (Å²) in [5.74, 6) is -1.37.